The zero-order chi connectivity index (χ0) is 88.0. The topological polar surface area (TPSA) is 40.8 Å². The van der Waals surface area contributed by atoms with Crippen molar-refractivity contribution in [2.75, 3.05) is 0 Å². The molecule has 0 aliphatic rings. The molecule has 110 heavy (non-hydrogen) atoms. The molecule has 0 saturated heterocycles. The predicted molar refractivity (Wildman–Crippen MR) is 504 cm³/mol. The van der Waals surface area contributed by atoms with Crippen molar-refractivity contribution in [1.82, 2.24) is 18.7 Å². The molecule has 0 bridgehead atoms. The lowest BCUT2D eigenvalue weighted by atomic mass is 9.72. The summed E-state index contributed by atoms with van der Waals surface area (Å²) >= 11 is 3.92. The molecule has 0 fully saturated rings. The molecule has 0 N–H and O–H groups in total. The smallest absolute Gasteiger partial charge is 0.113 e. The lowest BCUT2D eigenvalue weighted by Crippen LogP contribution is -2.26. The average Bonchev–Trinajstić information content (AvgIpc) is 1.58. The van der Waals surface area contributed by atoms with Crippen LogP contribution in [-0.4, -0.2) is 18.7 Å². The van der Waals surface area contributed by atoms with E-state index in [2.05, 4.69) is 442 Å². The van der Waals surface area contributed by atoms with Crippen LogP contribution in [-0.2, 0) is 119 Å². The van der Waals surface area contributed by atoms with Gasteiger partial charge < -0.3 is 18.1 Å². The first-order valence-corrected chi connectivity index (χ1v) is 43.6. The summed E-state index contributed by atoms with van der Waals surface area (Å²) in [5.74, 6) is 2.29. The second-order valence-corrected chi connectivity index (χ2v) is 53.6. The minimum Gasteiger partial charge on any atom is -0.464 e. The molecule has 0 aliphatic heterocycles. The van der Waals surface area contributed by atoms with Crippen LogP contribution in [0.15, 0.2) is 10.5 Å². The van der Waals surface area contributed by atoms with Gasteiger partial charge in [-0.1, -0.05) is 381 Å². The van der Waals surface area contributed by atoms with Gasteiger partial charge in [0.15, 0.2) is 0 Å². The van der Waals surface area contributed by atoms with Crippen molar-refractivity contribution in [3.8, 4) is 0 Å². The largest absolute Gasteiger partial charge is 0.464 e. The van der Waals surface area contributed by atoms with Gasteiger partial charge in [-0.2, -0.15) is 0 Å². The fraction of sp³-hybridized carbons (Fsp3) is 0.777. The molecule has 6 aromatic rings. The van der Waals surface area contributed by atoms with E-state index in [4.69, 9.17) is 9.40 Å². The first-order valence-electron chi connectivity index (χ1n) is 41.9. The molecule has 6 heterocycles. The molecule has 7 heteroatoms. The fourth-order valence-electron chi connectivity index (χ4n) is 16.8. The molecular weight excluding hydrogens is 1370 g/mol. The van der Waals surface area contributed by atoms with Crippen molar-refractivity contribution in [1.29, 1.82) is 0 Å². The highest BCUT2D eigenvalue weighted by atomic mass is 32.1. The van der Waals surface area contributed by atoms with E-state index < -0.39 is 0 Å². The second kappa shape index (κ2) is 33.8. The number of hydrogen-bond donors (Lipinski definition) is 0. The van der Waals surface area contributed by atoms with Gasteiger partial charge in [-0.25, -0.2) is 4.98 Å². The highest BCUT2D eigenvalue weighted by Gasteiger charge is 2.42. The van der Waals surface area contributed by atoms with E-state index in [0.29, 0.717) is 0 Å². The zero-order valence-corrected chi connectivity index (χ0v) is 86.2. The predicted octanol–water partition coefficient (Wildman–Crippen LogP) is 32.5. The number of hydrogen-bond acceptors (Lipinski definition) is 4. The van der Waals surface area contributed by atoms with Crippen LogP contribution in [0.1, 0.15) is 502 Å². The Morgan fingerprint density at radius 1 is 0.255 bits per heavy atom. The maximum Gasteiger partial charge on any atom is 0.113 e. The Bertz CT molecular complexity index is 3640. The summed E-state index contributed by atoms with van der Waals surface area (Å²) in [5, 5.41) is 1.26. The summed E-state index contributed by atoms with van der Waals surface area (Å²) in [7, 11) is 6.68. The lowest BCUT2D eigenvalue weighted by molar-refractivity contribution is 0.336. The third-order valence-corrected chi connectivity index (χ3v) is 24.5. The summed E-state index contributed by atoms with van der Waals surface area (Å²) in [6, 6.07) is 2.42. The van der Waals surface area contributed by atoms with Crippen LogP contribution in [0.4, 0.5) is 0 Å². The summed E-state index contributed by atoms with van der Waals surface area (Å²) in [5.41, 5.74) is 26.5. The van der Waals surface area contributed by atoms with E-state index in [1.807, 2.05) is 22.7 Å². The molecule has 0 unspecified atom stereocenters. The van der Waals surface area contributed by atoms with Crippen molar-refractivity contribution >= 4 is 22.7 Å². The average molecular weight is 1560 g/mol. The number of thiophene rings is 1. The monoisotopic (exact) mass is 1560 g/mol. The Kier molecular flexibility index (Phi) is 32.7. The Hall–Kier alpha value is -3.55. The van der Waals surface area contributed by atoms with Crippen molar-refractivity contribution in [3.63, 3.8) is 0 Å². The standard InChI is InChI=1S/2C18H33N.C17H31N.C17H30O.C17H30S.C15H27NS.CH4/c1-12-13(16(2,3)4)14(17(5,6)7)15(19(12)11)18(8,9)10;1-12-13(16(2,3)4)15(18(8,9)10)19(11)14(12)17(5,6)7;1-15(2,3)12-11-13(16(4,5)6)18(10)14(12)17(7,8)9;2*1-11-12(15(2,3)4)14(17(8,9)10)18-13(11)16(5,6)7;1-13(2,3)10-11(14(4,5)6)17-12(16-10)15(7,8)9;/h2*1-11H3;11H,1-10H3;2*1-10H3;1-9H3;1H4. The fourth-order valence-corrected chi connectivity index (χ4v) is 19.8. The van der Waals surface area contributed by atoms with E-state index in [0.717, 1.165) is 11.5 Å². The first-order chi connectivity index (χ1) is 47.0. The minimum atomic E-state index is 0. The van der Waals surface area contributed by atoms with Crippen LogP contribution in [0.25, 0.3) is 0 Å². The zero-order valence-electron chi connectivity index (χ0n) is 84.6. The van der Waals surface area contributed by atoms with Crippen LogP contribution in [0.2, 0.25) is 0 Å². The van der Waals surface area contributed by atoms with Gasteiger partial charge in [0.2, 0.25) is 0 Å². The molecule has 0 aliphatic carbocycles. The van der Waals surface area contributed by atoms with Crippen molar-refractivity contribution in [2.24, 2.45) is 21.1 Å². The van der Waals surface area contributed by atoms with Gasteiger partial charge >= 0.3 is 0 Å². The third-order valence-electron chi connectivity index (χ3n) is 20.4. The van der Waals surface area contributed by atoms with Crippen molar-refractivity contribution in [3.05, 3.63) is 127 Å². The number of rotatable bonds is 0. The summed E-state index contributed by atoms with van der Waals surface area (Å²) in [6.45, 7) is 133. The van der Waals surface area contributed by atoms with Crippen molar-refractivity contribution in [2.45, 2.75) is 506 Å². The number of furan rings is 1. The Balaban J connectivity index is 0.00000129. The van der Waals surface area contributed by atoms with E-state index >= 15 is 0 Å². The molecule has 0 spiro atoms. The van der Waals surface area contributed by atoms with E-state index in [9.17, 15) is 0 Å². The maximum atomic E-state index is 6.30. The van der Waals surface area contributed by atoms with E-state index in [-0.39, 0.29) is 105 Å². The highest BCUT2D eigenvalue weighted by Crippen LogP contribution is 2.50. The van der Waals surface area contributed by atoms with Crippen LogP contribution >= 0.6 is 22.7 Å². The molecule has 0 atom stereocenters. The summed E-state index contributed by atoms with van der Waals surface area (Å²) in [4.78, 5) is 9.50. The normalized spacial score (nSPS) is 14.0. The number of nitrogens with zero attached hydrogens (tertiary/aromatic N) is 4. The second-order valence-electron chi connectivity index (χ2n) is 51.6. The molecule has 5 nitrogen and oxygen atoms in total. The van der Waals surface area contributed by atoms with Gasteiger partial charge in [0.1, 0.15) is 11.5 Å². The molecule has 0 aromatic carbocycles. The van der Waals surface area contributed by atoms with Crippen molar-refractivity contribution < 1.29 is 4.42 Å². The molecule has 0 amide bonds. The van der Waals surface area contributed by atoms with Gasteiger partial charge in [0.05, 0.1) is 10.7 Å². The van der Waals surface area contributed by atoms with Crippen LogP contribution in [0.5, 0.6) is 0 Å². The van der Waals surface area contributed by atoms with Crippen LogP contribution in [0, 0.1) is 27.7 Å². The lowest BCUT2D eigenvalue weighted by Gasteiger charge is -2.32. The number of aromatic nitrogens is 4. The highest BCUT2D eigenvalue weighted by molar-refractivity contribution is 7.12. The molecular formula is C103H188N4OS2. The molecule has 0 saturated carbocycles. The van der Waals surface area contributed by atoms with Crippen LogP contribution in [0.3, 0.4) is 0 Å². The van der Waals surface area contributed by atoms with Crippen LogP contribution < -0.4 is 0 Å². The molecule has 6 rings (SSSR count). The molecule has 6 aromatic heterocycles. The van der Waals surface area contributed by atoms with E-state index in [1.165, 1.54) is 88.7 Å². The molecule has 0 radical (unpaired) electrons. The third kappa shape index (κ3) is 26.7. The first kappa shape index (κ1) is 106. The minimum absolute atomic E-state index is 0. The quantitative estimate of drug-likeness (QED) is 0.152. The SMILES string of the molecule is C.CC(C)(C)c1nc(C(C)(C)C)c(C(C)(C)C)s1.Cc1c(C(C)(C)C)c(C(C)(C)C)c(C(C)(C)C)n1C.Cc1c(C(C)(C)C)c(C(C)(C)C)n(C)c1C(C)(C)C.Cc1c(C(C)(C)C)oc(C(C)(C)C)c1C(C)(C)C.Cc1c(C(C)(C)C)sc(C(C)(C)C)c1C(C)(C)C.Cn1c(C(C)(C)C)cc(C(C)(C)C)c1C(C)(C)C. The Morgan fingerprint density at radius 3 is 0.818 bits per heavy atom. The Labute approximate surface area is 695 Å². The van der Waals surface area contributed by atoms with Gasteiger partial charge in [-0.15, -0.1) is 22.7 Å². The van der Waals surface area contributed by atoms with Gasteiger partial charge in [-0.05, 0) is 127 Å². The summed E-state index contributed by atoms with van der Waals surface area (Å²) < 4.78 is 13.6. The Morgan fingerprint density at radius 2 is 0.591 bits per heavy atom. The van der Waals surface area contributed by atoms with Gasteiger partial charge in [0.25, 0.3) is 0 Å². The maximum absolute atomic E-state index is 6.30. The summed E-state index contributed by atoms with van der Waals surface area (Å²) in [6.07, 6.45) is 0. The molecule has 638 valence electrons. The van der Waals surface area contributed by atoms with E-state index in [1.54, 1.807) is 20.9 Å². The number of thiazole rings is 1. The van der Waals surface area contributed by atoms with Gasteiger partial charge in [-0.3, -0.25) is 0 Å². The van der Waals surface area contributed by atoms with Gasteiger partial charge in [0, 0.05) is 124 Å².